The topological polar surface area (TPSA) is 17.1 Å². The summed E-state index contributed by atoms with van der Waals surface area (Å²) < 4.78 is 12.9. The standard InChI is InChI=1S/C20H17FO/c21-19-11-9-16(10-12-19)14-18-8-4-7-17(20(18)22)13-15-5-2-1-3-6-15/h1-3,5-6,9-14H,4,7-8H2/b17-13+,18-14+. The first-order valence-corrected chi connectivity index (χ1v) is 7.49. The number of hydrogen-bond acceptors (Lipinski definition) is 1. The summed E-state index contributed by atoms with van der Waals surface area (Å²) in [7, 11) is 0. The van der Waals surface area contributed by atoms with Gasteiger partial charge in [0.15, 0.2) is 5.78 Å². The lowest BCUT2D eigenvalue weighted by molar-refractivity contribution is -0.112. The summed E-state index contributed by atoms with van der Waals surface area (Å²) >= 11 is 0. The number of Topliss-reactive ketones (excluding diaryl/α,β-unsaturated/α-hetero) is 1. The molecular weight excluding hydrogens is 275 g/mol. The van der Waals surface area contributed by atoms with E-state index in [0.29, 0.717) is 0 Å². The van der Waals surface area contributed by atoms with E-state index in [-0.39, 0.29) is 11.6 Å². The molecule has 22 heavy (non-hydrogen) atoms. The largest absolute Gasteiger partial charge is 0.289 e. The highest BCUT2D eigenvalue weighted by molar-refractivity contribution is 6.13. The lowest BCUT2D eigenvalue weighted by Crippen LogP contribution is -2.12. The van der Waals surface area contributed by atoms with Gasteiger partial charge in [0.1, 0.15) is 5.82 Å². The van der Waals surface area contributed by atoms with Crippen LogP contribution in [0.25, 0.3) is 12.2 Å². The number of allylic oxidation sites excluding steroid dienone is 2. The molecule has 0 aromatic heterocycles. The molecule has 0 spiro atoms. The highest BCUT2D eigenvalue weighted by atomic mass is 19.1. The number of benzene rings is 2. The summed E-state index contributed by atoms with van der Waals surface area (Å²) in [5.74, 6) is -0.152. The summed E-state index contributed by atoms with van der Waals surface area (Å²) in [4.78, 5) is 12.6. The summed E-state index contributed by atoms with van der Waals surface area (Å²) in [5, 5.41) is 0. The summed E-state index contributed by atoms with van der Waals surface area (Å²) in [6, 6.07) is 16.1. The Morgan fingerprint density at radius 3 is 1.91 bits per heavy atom. The van der Waals surface area contributed by atoms with Gasteiger partial charge in [-0.15, -0.1) is 0 Å². The quantitative estimate of drug-likeness (QED) is 0.708. The molecule has 2 heteroatoms. The third-order valence-corrected chi connectivity index (χ3v) is 3.83. The molecule has 0 amide bonds. The molecule has 0 bridgehead atoms. The Bertz CT molecular complexity index is 724. The molecule has 0 atom stereocenters. The first-order chi connectivity index (χ1) is 10.7. The lowest BCUT2D eigenvalue weighted by Gasteiger charge is -2.16. The van der Waals surface area contributed by atoms with Crippen molar-refractivity contribution in [1.29, 1.82) is 0 Å². The molecule has 1 fully saturated rings. The number of rotatable bonds is 2. The molecule has 0 N–H and O–H groups in total. The molecule has 2 aromatic rings. The zero-order chi connectivity index (χ0) is 15.4. The lowest BCUT2D eigenvalue weighted by atomic mass is 9.87. The highest BCUT2D eigenvalue weighted by Crippen LogP contribution is 2.28. The van der Waals surface area contributed by atoms with Gasteiger partial charge in [0.25, 0.3) is 0 Å². The molecule has 0 heterocycles. The van der Waals surface area contributed by atoms with E-state index in [0.717, 1.165) is 41.5 Å². The third kappa shape index (κ3) is 3.40. The number of carbonyl (C=O) groups is 1. The maximum Gasteiger partial charge on any atom is 0.185 e. The van der Waals surface area contributed by atoms with Crippen molar-refractivity contribution in [2.24, 2.45) is 0 Å². The van der Waals surface area contributed by atoms with Crippen molar-refractivity contribution >= 4 is 17.9 Å². The number of carbonyl (C=O) groups excluding carboxylic acids is 1. The van der Waals surface area contributed by atoms with Crippen molar-refractivity contribution in [3.05, 3.63) is 82.7 Å². The van der Waals surface area contributed by atoms with Crippen molar-refractivity contribution in [3.8, 4) is 0 Å². The van der Waals surface area contributed by atoms with Crippen LogP contribution in [0.15, 0.2) is 65.7 Å². The Morgan fingerprint density at radius 1 is 0.773 bits per heavy atom. The van der Waals surface area contributed by atoms with Gasteiger partial charge in [-0.25, -0.2) is 4.39 Å². The van der Waals surface area contributed by atoms with E-state index in [9.17, 15) is 9.18 Å². The fourth-order valence-electron chi connectivity index (χ4n) is 2.69. The predicted molar refractivity (Wildman–Crippen MR) is 87.7 cm³/mol. The average molecular weight is 292 g/mol. The Morgan fingerprint density at radius 2 is 1.32 bits per heavy atom. The monoisotopic (exact) mass is 292 g/mol. The molecule has 1 aliphatic rings. The Balaban J connectivity index is 1.87. The minimum Gasteiger partial charge on any atom is -0.289 e. The second-order valence-corrected chi connectivity index (χ2v) is 5.48. The minimum atomic E-state index is -0.262. The van der Waals surface area contributed by atoms with Gasteiger partial charge in [-0.05, 0) is 54.7 Å². The van der Waals surface area contributed by atoms with Crippen LogP contribution in [0.2, 0.25) is 0 Å². The molecule has 0 aliphatic heterocycles. The van der Waals surface area contributed by atoms with E-state index in [2.05, 4.69) is 0 Å². The first kappa shape index (κ1) is 14.5. The molecule has 1 nitrogen and oxygen atoms in total. The van der Waals surface area contributed by atoms with E-state index in [1.807, 2.05) is 42.5 Å². The van der Waals surface area contributed by atoms with Gasteiger partial charge >= 0.3 is 0 Å². The minimum absolute atomic E-state index is 0.111. The van der Waals surface area contributed by atoms with Gasteiger partial charge in [-0.2, -0.15) is 0 Å². The van der Waals surface area contributed by atoms with Crippen molar-refractivity contribution in [3.63, 3.8) is 0 Å². The highest BCUT2D eigenvalue weighted by Gasteiger charge is 2.20. The summed E-state index contributed by atoms with van der Waals surface area (Å²) in [6.07, 6.45) is 6.41. The Kier molecular flexibility index (Phi) is 4.29. The maximum absolute atomic E-state index is 12.9. The molecule has 3 rings (SSSR count). The van der Waals surface area contributed by atoms with E-state index in [4.69, 9.17) is 0 Å². The van der Waals surface area contributed by atoms with Crippen molar-refractivity contribution < 1.29 is 9.18 Å². The van der Waals surface area contributed by atoms with Crippen LogP contribution < -0.4 is 0 Å². The Labute approximate surface area is 129 Å². The van der Waals surface area contributed by atoms with Gasteiger partial charge in [-0.1, -0.05) is 42.5 Å². The number of hydrogen-bond donors (Lipinski definition) is 0. The molecule has 0 saturated heterocycles. The van der Waals surface area contributed by atoms with Crippen molar-refractivity contribution in [2.75, 3.05) is 0 Å². The van der Waals surface area contributed by atoms with Gasteiger partial charge in [-0.3, -0.25) is 4.79 Å². The summed E-state index contributed by atoms with van der Waals surface area (Å²) in [6.45, 7) is 0. The van der Waals surface area contributed by atoms with Crippen LogP contribution in [0, 0.1) is 5.82 Å². The predicted octanol–water partition coefficient (Wildman–Crippen LogP) is 5.05. The van der Waals surface area contributed by atoms with Crippen LogP contribution >= 0.6 is 0 Å². The van der Waals surface area contributed by atoms with E-state index in [1.165, 1.54) is 12.1 Å². The van der Waals surface area contributed by atoms with Crippen LogP contribution in [-0.2, 0) is 4.79 Å². The fourth-order valence-corrected chi connectivity index (χ4v) is 2.69. The SMILES string of the molecule is O=C1/C(=C/c2ccccc2)CCC/C1=C\c1ccc(F)cc1. The van der Waals surface area contributed by atoms with Gasteiger partial charge in [0.2, 0.25) is 0 Å². The maximum atomic E-state index is 12.9. The van der Waals surface area contributed by atoms with Crippen molar-refractivity contribution in [2.45, 2.75) is 19.3 Å². The molecule has 2 aromatic carbocycles. The molecule has 110 valence electrons. The van der Waals surface area contributed by atoms with E-state index < -0.39 is 0 Å². The van der Waals surface area contributed by atoms with Gasteiger partial charge in [0, 0.05) is 11.1 Å². The zero-order valence-electron chi connectivity index (χ0n) is 12.3. The fraction of sp³-hybridized carbons (Fsp3) is 0.150. The average Bonchev–Trinajstić information content (AvgIpc) is 2.54. The van der Waals surface area contributed by atoms with Crippen LogP contribution in [0.4, 0.5) is 4.39 Å². The second-order valence-electron chi connectivity index (χ2n) is 5.48. The smallest absolute Gasteiger partial charge is 0.185 e. The van der Waals surface area contributed by atoms with E-state index >= 15 is 0 Å². The molecular formula is C20H17FO. The third-order valence-electron chi connectivity index (χ3n) is 3.83. The van der Waals surface area contributed by atoms with Crippen LogP contribution in [-0.4, -0.2) is 5.78 Å². The zero-order valence-corrected chi connectivity index (χ0v) is 12.3. The first-order valence-electron chi connectivity index (χ1n) is 7.49. The molecule has 1 aliphatic carbocycles. The van der Waals surface area contributed by atoms with Gasteiger partial charge in [0.05, 0.1) is 0 Å². The van der Waals surface area contributed by atoms with Crippen LogP contribution in [0.5, 0.6) is 0 Å². The summed E-state index contributed by atoms with van der Waals surface area (Å²) in [5.41, 5.74) is 3.57. The van der Waals surface area contributed by atoms with E-state index in [1.54, 1.807) is 12.1 Å². The Hall–Kier alpha value is -2.48. The second kappa shape index (κ2) is 6.52. The van der Waals surface area contributed by atoms with Crippen LogP contribution in [0.1, 0.15) is 30.4 Å². The number of ketones is 1. The molecule has 0 unspecified atom stereocenters. The normalized spacial score (nSPS) is 18.9. The van der Waals surface area contributed by atoms with Gasteiger partial charge < -0.3 is 0 Å². The van der Waals surface area contributed by atoms with Crippen molar-refractivity contribution in [1.82, 2.24) is 0 Å². The van der Waals surface area contributed by atoms with Crippen LogP contribution in [0.3, 0.4) is 0 Å². The molecule has 0 radical (unpaired) electrons. The number of halogens is 1. The molecule has 1 saturated carbocycles.